The number of carbonyl (C=O) groups is 2. The zero-order valence-corrected chi connectivity index (χ0v) is 17.9. The molecule has 2 bridgehead atoms. The minimum atomic E-state index is -0.427. The number of fused-ring (bicyclic) bond motifs is 4. The van der Waals surface area contributed by atoms with Crippen LogP contribution in [0.1, 0.15) is 34.2 Å². The SMILES string of the molecule is O=C(NCc1ccccn1)c1nnsc1NC(=O)N1C[C@H]2C[C@@H](C1)c1cccc(=O)n1C2. The van der Waals surface area contributed by atoms with E-state index in [1.54, 1.807) is 29.3 Å². The standard InChI is InChI=1S/C21H21N7O3S/c29-17-6-3-5-16-14-8-13(11-28(16)17)10-27(12-14)21(31)24-20-18(25-26-32-20)19(30)23-9-15-4-1-2-7-22-15/h1-7,13-14H,8-12H2,(H,23,30)(H,24,31)/t13-,14+/m1/s1. The van der Waals surface area contributed by atoms with Crippen molar-refractivity contribution in [2.45, 2.75) is 25.4 Å². The second kappa shape index (κ2) is 8.50. The van der Waals surface area contributed by atoms with E-state index in [9.17, 15) is 14.4 Å². The molecule has 3 amide bonds. The Morgan fingerprint density at radius 3 is 2.88 bits per heavy atom. The van der Waals surface area contributed by atoms with E-state index in [1.807, 2.05) is 22.8 Å². The lowest BCUT2D eigenvalue weighted by atomic mass is 9.83. The molecule has 2 atom stereocenters. The highest BCUT2D eigenvalue weighted by atomic mass is 32.1. The lowest BCUT2D eigenvalue weighted by Gasteiger charge is -2.42. The Labute approximate surface area is 187 Å². The molecule has 5 heterocycles. The summed E-state index contributed by atoms with van der Waals surface area (Å²) >= 11 is 0.962. The Balaban J connectivity index is 1.25. The molecule has 2 aliphatic rings. The lowest BCUT2D eigenvalue weighted by molar-refractivity contribution is 0.0946. The van der Waals surface area contributed by atoms with Gasteiger partial charge < -0.3 is 14.8 Å². The van der Waals surface area contributed by atoms with Gasteiger partial charge in [-0.15, -0.1) is 5.10 Å². The number of hydrogen-bond donors (Lipinski definition) is 2. The number of hydrogen-bond acceptors (Lipinski definition) is 7. The summed E-state index contributed by atoms with van der Waals surface area (Å²) in [4.78, 5) is 43.6. The van der Waals surface area contributed by atoms with Gasteiger partial charge in [-0.3, -0.25) is 19.9 Å². The lowest BCUT2D eigenvalue weighted by Crippen LogP contribution is -2.50. The largest absolute Gasteiger partial charge is 0.345 e. The number of likely N-dealkylation sites (tertiary alicyclic amines) is 1. The number of amides is 3. The topological polar surface area (TPSA) is 122 Å². The highest BCUT2D eigenvalue weighted by Gasteiger charge is 2.36. The number of carbonyl (C=O) groups excluding carboxylic acids is 2. The fraction of sp³-hybridized carbons (Fsp3) is 0.333. The highest BCUT2D eigenvalue weighted by molar-refractivity contribution is 7.10. The minimum absolute atomic E-state index is 0.00666. The molecule has 164 valence electrons. The molecule has 0 aliphatic carbocycles. The number of piperidine rings is 1. The molecule has 2 aliphatic heterocycles. The van der Waals surface area contributed by atoms with Crippen molar-refractivity contribution in [2.24, 2.45) is 5.92 Å². The number of nitrogens with zero attached hydrogens (tertiary/aromatic N) is 5. The van der Waals surface area contributed by atoms with Gasteiger partial charge in [0, 0.05) is 55.0 Å². The van der Waals surface area contributed by atoms with E-state index in [-0.39, 0.29) is 35.7 Å². The van der Waals surface area contributed by atoms with Crippen molar-refractivity contribution in [3.63, 3.8) is 0 Å². The normalized spacial score (nSPS) is 19.2. The summed E-state index contributed by atoms with van der Waals surface area (Å²) in [5, 5.41) is 9.74. The molecule has 0 spiro atoms. The van der Waals surface area contributed by atoms with Crippen LogP contribution in [0.5, 0.6) is 0 Å². The Kier molecular flexibility index (Phi) is 5.39. The van der Waals surface area contributed by atoms with Crippen molar-refractivity contribution in [3.05, 3.63) is 70.0 Å². The number of anilines is 1. The Hall–Kier alpha value is -3.60. The van der Waals surface area contributed by atoms with Crippen LogP contribution in [0.25, 0.3) is 0 Å². The van der Waals surface area contributed by atoms with E-state index in [4.69, 9.17) is 0 Å². The maximum atomic E-state index is 13.0. The molecule has 32 heavy (non-hydrogen) atoms. The van der Waals surface area contributed by atoms with E-state index in [0.29, 0.717) is 30.3 Å². The van der Waals surface area contributed by atoms with Crippen molar-refractivity contribution in [3.8, 4) is 0 Å². The predicted molar refractivity (Wildman–Crippen MR) is 117 cm³/mol. The third-order valence-electron chi connectivity index (χ3n) is 5.85. The van der Waals surface area contributed by atoms with Crippen LogP contribution in [-0.4, -0.2) is 49.1 Å². The zero-order valence-electron chi connectivity index (χ0n) is 17.1. The molecule has 3 aromatic rings. The van der Waals surface area contributed by atoms with Gasteiger partial charge in [0.25, 0.3) is 11.5 Å². The molecule has 10 nitrogen and oxygen atoms in total. The molecule has 0 aromatic carbocycles. The van der Waals surface area contributed by atoms with Crippen LogP contribution < -0.4 is 16.2 Å². The average Bonchev–Trinajstić information content (AvgIpc) is 3.27. The van der Waals surface area contributed by atoms with Gasteiger partial charge in [-0.25, -0.2) is 4.79 Å². The first-order valence-corrected chi connectivity index (χ1v) is 11.1. The fourth-order valence-electron chi connectivity index (χ4n) is 4.42. The van der Waals surface area contributed by atoms with Gasteiger partial charge in [0.2, 0.25) is 0 Å². The van der Waals surface area contributed by atoms with Crippen LogP contribution in [0.4, 0.5) is 9.80 Å². The molecular weight excluding hydrogens is 430 g/mol. The average molecular weight is 452 g/mol. The van der Waals surface area contributed by atoms with Crippen molar-refractivity contribution in [2.75, 3.05) is 18.4 Å². The van der Waals surface area contributed by atoms with Crippen LogP contribution in [-0.2, 0) is 13.1 Å². The fourth-order valence-corrected chi connectivity index (χ4v) is 4.97. The molecule has 2 N–H and O–H groups in total. The monoisotopic (exact) mass is 451 g/mol. The van der Waals surface area contributed by atoms with Gasteiger partial charge in [-0.1, -0.05) is 16.6 Å². The van der Waals surface area contributed by atoms with Crippen LogP contribution in [0.3, 0.4) is 0 Å². The van der Waals surface area contributed by atoms with Gasteiger partial charge in [0.15, 0.2) is 10.7 Å². The smallest absolute Gasteiger partial charge is 0.322 e. The summed E-state index contributed by atoms with van der Waals surface area (Å²) < 4.78 is 5.66. The summed E-state index contributed by atoms with van der Waals surface area (Å²) in [6, 6.07) is 10.5. The van der Waals surface area contributed by atoms with Crippen LogP contribution >= 0.6 is 11.5 Å². The third kappa shape index (κ3) is 3.98. The molecule has 0 radical (unpaired) electrons. The third-order valence-corrected chi connectivity index (χ3v) is 6.49. The molecule has 0 unspecified atom stereocenters. The molecule has 1 saturated heterocycles. The van der Waals surface area contributed by atoms with Crippen LogP contribution in [0.15, 0.2) is 47.4 Å². The minimum Gasteiger partial charge on any atom is -0.345 e. The molecule has 11 heteroatoms. The first-order chi connectivity index (χ1) is 15.6. The first kappa shape index (κ1) is 20.3. The summed E-state index contributed by atoms with van der Waals surface area (Å²) in [6.07, 6.45) is 2.61. The number of pyridine rings is 2. The number of nitrogens with one attached hydrogen (secondary N) is 2. The maximum Gasteiger partial charge on any atom is 0.322 e. The number of urea groups is 1. The van der Waals surface area contributed by atoms with Crippen molar-refractivity contribution in [1.82, 2.24) is 29.4 Å². The van der Waals surface area contributed by atoms with Gasteiger partial charge in [0.05, 0.1) is 12.2 Å². The van der Waals surface area contributed by atoms with E-state index in [2.05, 4.69) is 25.2 Å². The predicted octanol–water partition coefficient (Wildman–Crippen LogP) is 1.68. The second-order valence-electron chi connectivity index (χ2n) is 7.99. The van der Waals surface area contributed by atoms with E-state index >= 15 is 0 Å². The molecule has 3 aromatic heterocycles. The van der Waals surface area contributed by atoms with Crippen LogP contribution in [0, 0.1) is 5.92 Å². The second-order valence-corrected chi connectivity index (χ2v) is 8.74. The van der Waals surface area contributed by atoms with Gasteiger partial charge >= 0.3 is 6.03 Å². The van der Waals surface area contributed by atoms with Gasteiger partial charge in [0.1, 0.15) is 0 Å². The molecule has 0 saturated carbocycles. The highest BCUT2D eigenvalue weighted by Crippen LogP contribution is 2.35. The quantitative estimate of drug-likeness (QED) is 0.622. The summed E-state index contributed by atoms with van der Waals surface area (Å²) in [5.41, 5.74) is 1.77. The van der Waals surface area contributed by atoms with Crippen LogP contribution in [0.2, 0.25) is 0 Å². The summed E-state index contributed by atoms with van der Waals surface area (Å²) in [7, 11) is 0. The van der Waals surface area contributed by atoms with Crippen molar-refractivity contribution < 1.29 is 9.59 Å². The molecule has 1 fully saturated rings. The number of rotatable bonds is 4. The van der Waals surface area contributed by atoms with Gasteiger partial charge in [-0.05, 0) is 30.5 Å². The Bertz CT molecular complexity index is 1210. The van der Waals surface area contributed by atoms with E-state index in [0.717, 1.165) is 23.6 Å². The van der Waals surface area contributed by atoms with Crippen molar-refractivity contribution in [1.29, 1.82) is 0 Å². The molecule has 5 rings (SSSR count). The zero-order chi connectivity index (χ0) is 22.1. The maximum absolute atomic E-state index is 13.0. The molecular formula is C21H21N7O3S. The number of aromatic nitrogens is 4. The summed E-state index contributed by atoms with van der Waals surface area (Å²) in [5.74, 6) is -0.0979. The van der Waals surface area contributed by atoms with E-state index < -0.39 is 5.91 Å². The first-order valence-electron chi connectivity index (χ1n) is 10.3. The summed E-state index contributed by atoms with van der Waals surface area (Å²) in [6.45, 7) is 1.92. The van der Waals surface area contributed by atoms with Gasteiger partial charge in [-0.2, -0.15) is 0 Å². The Morgan fingerprint density at radius 1 is 1.12 bits per heavy atom. The van der Waals surface area contributed by atoms with E-state index in [1.165, 1.54) is 0 Å². The van der Waals surface area contributed by atoms with Crippen molar-refractivity contribution >= 4 is 28.5 Å². The Morgan fingerprint density at radius 2 is 2.03 bits per heavy atom.